The van der Waals surface area contributed by atoms with Crippen molar-refractivity contribution in [2.24, 2.45) is 5.73 Å². The molecule has 0 spiro atoms. The summed E-state index contributed by atoms with van der Waals surface area (Å²) in [6, 6.07) is 0. The fourth-order valence-corrected chi connectivity index (χ4v) is 2.25. The lowest BCUT2D eigenvalue weighted by atomic mass is 9.83. The molecule has 1 atom stereocenters. The molecule has 0 saturated heterocycles. The molecule has 0 aliphatic heterocycles. The predicted molar refractivity (Wildman–Crippen MR) is 66.7 cm³/mol. The van der Waals surface area contributed by atoms with E-state index in [2.05, 4.69) is 0 Å². The Kier molecular flexibility index (Phi) is 5.92. The second-order valence-electron chi connectivity index (χ2n) is 4.88. The maximum absolute atomic E-state index is 11.6. The minimum atomic E-state index is -0.461. The Bertz CT molecular complexity index is 237. The van der Waals surface area contributed by atoms with Crippen LogP contribution < -0.4 is 5.73 Å². The zero-order valence-corrected chi connectivity index (χ0v) is 11.0. The summed E-state index contributed by atoms with van der Waals surface area (Å²) in [6.45, 7) is 4.58. The van der Waals surface area contributed by atoms with Gasteiger partial charge >= 0.3 is 5.97 Å². The van der Waals surface area contributed by atoms with Crippen LogP contribution in [0.3, 0.4) is 0 Å². The Balaban J connectivity index is 2.38. The van der Waals surface area contributed by atoms with Gasteiger partial charge in [-0.25, -0.2) is 4.79 Å². The third-order valence-corrected chi connectivity index (χ3v) is 3.34. The molecule has 0 heterocycles. The SMILES string of the molecule is CCOC(=O)C(CC)OCC1(N)CCCCC1. The van der Waals surface area contributed by atoms with E-state index in [1.807, 2.05) is 6.92 Å². The Morgan fingerprint density at radius 1 is 1.29 bits per heavy atom. The first-order valence-electron chi connectivity index (χ1n) is 6.68. The molecule has 1 rings (SSSR count). The van der Waals surface area contributed by atoms with Crippen LogP contribution in [0.4, 0.5) is 0 Å². The number of carbonyl (C=O) groups excluding carboxylic acids is 1. The fourth-order valence-electron chi connectivity index (χ4n) is 2.25. The summed E-state index contributed by atoms with van der Waals surface area (Å²) >= 11 is 0. The van der Waals surface area contributed by atoms with Gasteiger partial charge in [0.2, 0.25) is 0 Å². The van der Waals surface area contributed by atoms with Gasteiger partial charge in [-0.05, 0) is 26.2 Å². The van der Waals surface area contributed by atoms with E-state index in [1.165, 1.54) is 6.42 Å². The van der Waals surface area contributed by atoms with E-state index in [1.54, 1.807) is 6.92 Å². The summed E-state index contributed by atoms with van der Waals surface area (Å²) in [7, 11) is 0. The third-order valence-electron chi connectivity index (χ3n) is 3.34. The van der Waals surface area contributed by atoms with Gasteiger partial charge in [0.05, 0.1) is 13.2 Å². The van der Waals surface area contributed by atoms with Crippen LogP contribution in [0.1, 0.15) is 52.4 Å². The Morgan fingerprint density at radius 3 is 2.47 bits per heavy atom. The first-order valence-corrected chi connectivity index (χ1v) is 6.68. The van der Waals surface area contributed by atoms with Crippen molar-refractivity contribution in [2.75, 3.05) is 13.2 Å². The van der Waals surface area contributed by atoms with Crippen molar-refractivity contribution in [3.63, 3.8) is 0 Å². The summed E-state index contributed by atoms with van der Waals surface area (Å²) in [5, 5.41) is 0. The average Bonchev–Trinajstić information content (AvgIpc) is 2.31. The molecule has 0 radical (unpaired) electrons. The van der Waals surface area contributed by atoms with Gasteiger partial charge in [-0.15, -0.1) is 0 Å². The highest BCUT2D eigenvalue weighted by molar-refractivity contribution is 5.74. The lowest BCUT2D eigenvalue weighted by Gasteiger charge is -2.34. The van der Waals surface area contributed by atoms with Crippen LogP contribution in [0.15, 0.2) is 0 Å². The van der Waals surface area contributed by atoms with Crippen LogP contribution in [0, 0.1) is 0 Å². The Hall–Kier alpha value is -0.610. The molecule has 1 unspecified atom stereocenters. The standard InChI is InChI=1S/C13H25NO3/c1-3-11(12(15)16-4-2)17-10-13(14)8-6-5-7-9-13/h11H,3-10,14H2,1-2H3. The van der Waals surface area contributed by atoms with Crippen molar-refractivity contribution in [1.82, 2.24) is 0 Å². The molecule has 0 aromatic rings. The summed E-state index contributed by atoms with van der Waals surface area (Å²) in [5.74, 6) is -0.269. The molecule has 17 heavy (non-hydrogen) atoms. The second kappa shape index (κ2) is 6.97. The summed E-state index contributed by atoms with van der Waals surface area (Å²) in [4.78, 5) is 11.6. The predicted octanol–water partition coefficient (Wildman–Crippen LogP) is 2.01. The molecule has 1 saturated carbocycles. The first-order chi connectivity index (χ1) is 8.11. The van der Waals surface area contributed by atoms with E-state index < -0.39 is 6.10 Å². The lowest BCUT2D eigenvalue weighted by Crippen LogP contribution is -2.47. The third kappa shape index (κ3) is 4.64. The topological polar surface area (TPSA) is 61.5 Å². The monoisotopic (exact) mass is 243 g/mol. The van der Waals surface area contributed by atoms with Crippen molar-refractivity contribution >= 4 is 5.97 Å². The molecule has 1 aliphatic rings. The number of esters is 1. The minimum Gasteiger partial charge on any atom is -0.464 e. The van der Waals surface area contributed by atoms with E-state index >= 15 is 0 Å². The van der Waals surface area contributed by atoms with E-state index in [-0.39, 0.29) is 11.5 Å². The quantitative estimate of drug-likeness (QED) is 0.725. The summed E-state index contributed by atoms with van der Waals surface area (Å²) in [6.07, 6.45) is 5.74. The molecule has 2 N–H and O–H groups in total. The van der Waals surface area contributed by atoms with Crippen LogP contribution in [-0.4, -0.2) is 30.8 Å². The smallest absolute Gasteiger partial charge is 0.335 e. The summed E-state index contributed by atoms with van der Waals surface area (Å²) in [5.41, 5.74) is 6.02. The highest BCUT2D eigenvalue weighted by Gasteiger charge is 2.30. The lowest BCUT2D eigenvalue weighted by molar-refractivity contribution is -0.158. The zero-order valence-electron chi connectivity index (χ0n) is 11.0. The normalized spacial score (nSPS) is 20.9. The van der Waals surface area contributed by atoms with Crippen LogP contribution in [0.5, 0.6) is 0 Å². The molecule has 1 aliphatic carbocycles. The molecule has 0 aromatic carbocycles. The molecular formula is C13H25NO3. The average molecular weight is 243 g/mol. The molecule has 0 bridgehead atoms. The van der Waals surface area contributed by atoms with Gasteiger partial charge in [0.1, 0.15) is 0 Å². The van der Waals surface area contributed by atoms with Gasteiger partial charge in [-0.1, -0.05) is 26.2 Å². The van der Waals surface area contributed by atoms with Crippen LogP contribution in [-0.2, 0) is 14.3 Å². The number of rotatable bonds is 6. The van der Waals surface area contributed by atoms with Crippen molar-refractivity contribution < 1.29 is 14.3 Å². The molecule has 100 valence electrons. The number of hydrogen-bond acceptors (Lipinski definition) is 4. The number of ether oxygens (including phenoxy) is 2. The highest BCUT2D eigenvalue weighted by atomic mass is 16.6. The van der Waals surface area contributed by atoms with Gasteiger partial charge in [0.25, 0.3) is 0 Å². The molecule has 4 heteroatoms. The first kappa shape index (κ1) is 14.5. The number of hydrogen-bond donors (Lipinski definition) is 1. The van der Waals surface area contributed by atoms with E-state index in [0.717, 1.165) is 25.7 Å². The van der Waals surface area contributed by atoms with Gasteiger partial charge < -0.3 is 15.2 Å². The van der Waals surface area contributed by atoms with Crippen molar-refractivity contribution in [2.45, 2.75) is 64.0 Å². The fraction of sp³-hybridized carbons (Fsp3) is 0.923. The Morgan fingerprint density at radius 2 is 1.94 bits per heavy atom. The van der Waals surface area contributed by atoms with E-state index in [9.17, 15) is 4.79 Å². The number of carbonyl (C=O) groups is 1. The van der Waals surface area contributed by atoms with E-state index in [4.69, 9.17) is 15.2 Å². The molecule has 1 fully saturated rings. The maximum atomic E-state index is 11.6. The van der Waals surface area contributed by atoms with Crippen LogP contribution >= 0.6 is 0 Å². The summed E-state index contributed by atoms with van der Waals surface area (Å²) < 4.78 is 10.6. The van der Waals surface area contributed by atoms with Gasteiger partial charge in [-0.2, -0.15) is 0 Å². The van der Waals surface area contributed by atoms with Gasteiger partial charge in [0, 0.05) is 5.54 Å². The van der Waals surface area contributed by atoms with Gasteiger partial charge in [-0.3, -0.25) is 0 Å². The maximum Gasteiger partial charge on any atom is 0.335 e. The van der Waals surface area contributed by atoms with Gasteiger partial charge in [0.15, 0.2) is 6.10 Å². The molecule has 4 nitrogen and oxygen atoms in total. The molecular weight excluding hydrogens is 218 g/mol. The zero-order chi connectivity index (χ0) is 12.7. The highest BCUT2D eigenvalue weighted by Crippen LogP contribution is 2.26. The van der Waals surface area contributed by atoms with Crippen molar-refractivity contribution in [1.29, 1.82) is 0 Å². The van der Waals surface area contributed by atoms with Crippen LogP contribution in [0.25, 0.3) is 0 Å². The van der Waals surface area contributed by atoms with E-state index in [0.29, 0.717) is 19.6 Å². The Labute approximate surface area is 104 Å². The van der Waals surface area contributed by atoms with Crippen LogP contribution in [0.2, 0.25) is 0 Å². The van der Waals surface area contributed by atoms with Crippen molar-refractivity contribution in [3.8, 4) is 0 Å². The van der Waals surface area contributed by atoms with Crippen molar-refractivity contribution in [3.05, 3.63) is 0 Å². The second-order valence-corrected chi connectivity index (χ2v) is 4.88. The number of nitrogens with two attached hydrogens (primary N) is 1. The minimum absolute atomic E-state index is 0.238. The molecule has 0 amide bonds. The molecule has 0 aromatic heterocycles. The largest absolute Gasteiger partial charge is 0.464 e.